The lowest BCUT2D eigenvalue weighted by Gasteiger charge is -2.36. The van der Waals surface area contributed by atoms with Crippen LogP contribution >= 0.6 is 11.8 Å². The molecule has 0 bridgehead atoms. The molecular formula is C22H26N2O4S2. The maximum atomic E-state index is 13.7. The van der Waals surface area contributed by atoms with E-state index in [2.05, 4.69) is 6.92 Å². The van der Waals surface area contributed by atoms with Crippen LogP contribution in [0.5, 0.6) is 5.75 Å². The molecule has 0 unspecified atom stereocenters. The monoisotopic (exact) mass is 446 g/mol. The maximum Gasteiger partial charge on any atom is 0.264 e. The number of carbonyl (C=O) groups is 1. The number of aryl methyl sites for hydroxylation is 1. The molecule has 8 heteroatoms. The fraction of sp³-hybridized carbons (Fsp3) is 0.409. The Morgan fingerprint density at radius 3 is 2.63 bits per heavy atom. The highest BCUT2D eigenvalue weighted by Crippen LogP contribution is 2.42. The summed E-state index contributed by atoms with van der Waals surface area (Å²) >= 11 is 1.66. The molecule has 0 aromatic heterocycles. The van der Waals surface area contributed by atoms with Crippen molar-refractivity contribution in [3.05, 3.63) is 42.0 Å². The van der Waals surface area contributed by atoms with Crippen LogP contribution in [0.4, 0.5) is 11.4 Å². The predicted molar refractivity (Wildman–Crippen MR) is 120 cm³/mol. The molecule has 2 aliphatic rings. The number of hydrogen-bond acceptors (Lipinski definition) is 5. The number of hydrogen-bond donors (Lipinski definition) is 0. The predicted octanol–water partition coefficient (Wildman–Crippen LogP) is 4.21. The van der Waals surface area contributed by atoms with E-state index in [0.29, 0.717) is 30.1 Å². The fourth-order valence-electron chi connectivity index (χ4n) is 3.87. The first-order valence-corrected chi connectivity index (χ1v) is 12.4. The molecule has 0 saturated carbocycles. The van der Waals surface area contributed by atoms with Gasteiger partial charge in [-0.05, 0) is 49.2 Å². The van der Waals surface area contributed by atoms with Crippen molar-refractivity contribution in [2.75, 3.05) is 22.3 Å². The third kappa shape index (κ3) is 3.67. The van der Waals surface area contributed by atoms with Crippen LogP contribution in [0.15, 0.2) is 46.2 Å². The molecule has 1 amide bonds. The van der Waals surface area contributed by atoms with Gasteiger partial charge in [0.25, 0.3) is 10.0 Å². The highest BCUT2D eigenvalue weighted by atomic mass is 32.2. The first-order valence-electron chi connectivity index (χ1n) is 10.1. The van der Waals surface area contributed by atoms with Gasteiger partial charge in [-0.1, -0.05) is 19.9 Å². The summed E-state index contributed by atoms with van der Waals surface area (Å²) in [7, 11) is -3.83. The number of carbonyl (C=O) groups excluding carboxylic acids is 1. The molecule has 0 N–H and O–H groups in total. The van der Waals surface area contributed by atoms with E-state index in [-0.39, 0.29) is 28.7 Å². The lowest BCUT2D eigenvalue weighted by molar-refractivity contribution is -0.116. The first-order chi connectivity index (χ1) is 14.2. The van der Waals surface area contributed by atoms with Gasteiger partial charge in [-0.15, -0.1) is 11.8 Å². The fourth-order valence-corrected chi connectivity index (χ4v) is 6.48. The van der Waals surface area contributed by atoms with Crippen molar-refractivity contribution >= 4 is 39.1 Å². The second-order valence-electron chi connectivity index (χ2n) is 7.84. The van der Waals surface area contributed by atoms with Crippen molar-refractivity contribution in [2.24, 2.45) is 0 Å². The summed E-state index contributed by atoms with van der Waals surface area (Å²) in [5.74, 6) is 0.492. The molecule has 160 valence electrons. The highest BCUT2D eigenvalue weighted by Gasteiger charge is 2.35. The summed E-state index contributed by atoms with van der Waals surface area (Å²) in [6.07, 6.45) is 0.494. The van der Waals surface area contributed by atoms with E-state index in [1.807, 2.05) is 38.1 Å². The molecule has 30 heavy (non-hydrogen) atoms. The number of thioether (sulfide) groups is 1. The minimum absolute atomic E-state index is 0.0867. The van der Waals surface area contributed by atoms with Crippen LogP contribution in [0.2, 0.25) is 0 Å². The quantitative estimate of drug-likeness (QED) is 0.707. The van der Waals surface area contributed by atoms with Crippen molar-refractivity contribution in [3.63, 3.8) is 0 Å². The molecule has 2 aromatic carbocycles. The molecule has 0 aliphatic carbocycles. The summed E-state index contributed by atoms with van der Waals surface area (Å²) in [6.45, 7) is 8.31. The van der Waals surface area contributed by atoms with Gasteiger partial charge in [0.05, 0.1) is 22.8 Å². The molecule has 2 aromatic rings. The van der Waals surface area contributed by atoms with E-state index in [0.717, 1.165) is 10.5 Å². The number of sulfonamides is 1. The van der Waals surface area contributed by atoms with Gasteiger partial charge < -0.3 is 9.64 Å². The Balaban J connectivity index is 1.81. The topological polar surface area (TPSA) is 66.9 Å². The molecule has 2 heterocycles. The van der Waals surface area contributed by atoms with Gasteiger partial charge >= 0.3 is 0 Å². The van der Waals surface area contributed by atoms with Crippen LogP contribution < -0.4 is 13.9 Å². The van der Waals surface area contributed by atoms with Crippen LogP contribution in [0.1, 0.15) is 32.8 Å². The molecule has 2 atom stereocenters. The number of benzene rings is 2. The zero-order valence-electron chi connectivity index (χ0n) is 17.6. The van der Waals surface area contributed by atoms with Gasteiger partial charge in [-0.2, -0.15) is 0 Å². The summed E-state index contributed by atoms with van der Waals surface area (Å²) in [5, 5.41) is 0.253. The second-order valence-corrected chi connectivity index (χ2v) is 11.2. The number of nitrogens with zero attached hydrogens (tertiary/aromatic N) is 2. The van der Waals surface area contributed by atoms with Crippen molar-refractivity contribution in [1.82, 2.24) is 0 Å². The van der Waals surface area contributed by atoms with Crippen molar-refractivity contribution < 1.29 is 17.9 Å². The average Bonchev–Trinajstić information content (AvgIpc) is 2.71. The van der Waals surface area contributed by atoms with Gasteiger partial charge in [0.1, 0.15) is 11.9 Å². The maximum absolute atomic E-state index is 13.7. The van der Waals surface area contributed by atoms with E-state index in [9.17, 15) is 13.2 Å². The van der Waals surface area contributed by atoms with E-state index in [1.54, 1.807) is 28.8 Å². The Kier molecular flexibility index (Phi) is 5.48. The highest BCUT2D eigenvalue weighted by molar-refractivity contribution is 8.00. The van der Waals surface area contributed by atoms with Gasteiger partial charge in [-0.3, -0.25) is 9.10 Å². The summed E-state index contributed by atoms with van der Waals surface area (Å²) < 4.78 is 34.9. The van der Waals surface area contributed by atoms with Gasteiger partial charge in [0.2, 0.25) is 5.91 Å². The lowest BCUT2D eigenvalue weighted by atomic mass is 10.1. The SMILES string of the molecule is CC[C@H]1CN(S(=O)(=O)c2ccc3c(c2)N(C(C)=O)C[C@H](C)S3)c2cc(C)ccc2O1. The van der Waals surface area contributed by atoms with Crippen molar-refractivity contribution in [3.8, 4) is 5.75 Å². The number of anilines is 2. The number of amides is 1. The summed E-state index contributed by atoms with van der Waals surface area (Å²) in [5.41, 5.74) is 2.19. The molecule has 0 spiro atoms. The van der Waals surface area contributed by atoms with Gasteiger partial charge in [0.15, 0.2) is 0 Å². The minimum atomic E-state index is -3.83. The number of ether oxygens (including phenoxy) is 1. The average molecular weight is 447 g/mol. The third-order valence-electron chi connectivity index (χ3n) is 5.46. The van der Waals surface area contributed by atoms with Crippen LogP contribution in [-0.2, 0) is 14.8 Å². The second kappa shape index (κ2) is 7.81. The minimum Gasteiger partial charge on any atom is -0.486 e. The Morgan fingerprint density at radius 1 is 1.17 bits per heavy atom. The normalized spacial score (nSPS) is 20.9. The van der Waals surface area contributed by atoms with Gasteiger partial charge in [-0.25, -0.2) is 8.42 Å². The van der Waals surface area contributed by atoms with Crippen LogP contribution in [0.3, 0.4) is 0 Å². The summed E-state index contributed by atoms with van der Waals surface area (Å²) in [4.78, 5) is 15.0. The molecule has 6 nitrogen and oxygen atoms in total. The Hall–Kier alpha value is -2.19. The Bertz CT molecular complexity index is 1100. The third-order valence-corrected chi connectivity index (χ3v) is 8.39. The summed E-state index contributed by atoms with van der Waals surface area (Å²) in [6, 6.07) is 10.7. The standard InChI is InChI=1S/C22H26N2O4S2/c1-5-17-13-24(19-10-14(2)6-8-21(19)28-17)30(26,27)18-7-9-22-20(11-18)23(16(4)25)12-15(3)29-22/h6-11,15,17H,5,12-13H2,1-4H3/t15-,17-/m0/s1. The smallest absolute Gasteiger partial charge is 0.264 e. The van der Waals surface area contributed by atoms with E-state index >= 15 is 0 Å². The first kappa shape index (κ1) is 21.1. The largest absolute Gasteiger partial charge is 0.486 e. The van der Waals surface area contributed by atoms with Crippen molar-refractivity contribution in [2.45, 2.75) is 55.3 Å². The van der Waals surface area contributed by atoms with E-state index < -0.39 is 10.0 Å². The lowest BCUT2D eigenvalue weighted by Crippen LogP contribution is -2.43. The van der Waals surface area contributed by atoms with E-state index in [1.165, 1.54) is 11.2 Å². The van der Waals surface area contributed by atoms with Crippen LogP contribution in [0, 0.1) is 6.92 Å². The Labute approximate surface area is 182 Å². The number of rotatable bonds is 3. The number of fused-ring (bicyclic) bond motifs is 2. The zero-order chi connectivity index (χ0) is 21.6. The zero-order valence-corrected chi connectivity index (χ0v) is 19.2. The van der Waals surface area contributed by atoms with Crippen molar-refractivity contribution in [1.29, 1.82) is 0 Å². The molecule has 0 radical (unpaired) electrons. The molecule has 4 rings (SSSR count). The molecule has 0 fully saturated rings. The molecular weight excluding hydrogens is 420 g/mol. The molecule has 0 saturated heterocycles. The Morgan fingerprint density at radius 2 is 1.93 bits per heavy atom. The van der Waals surface area contributed by atoms with E-state index in [4.69, 9.17) is 4.74 Å². The van der Waals surface area contributed by atoms with Crippen LogP contribution in [0.25, 0.3) is 0 Å². The molecule has 2 aliphatic heterocycles. The van der Waals surface area contributed by atoms with Crippen LogP contribution in [-0.4, -0.2) is 38.8 Å². The van der Waals surface area contributed by atoms with Gasteiger partial charge in [0, 0.05) is 23.6 Å².